The molecule has 0 aromatic heterocycles. The van der Waals surface area contributed by atoms with Gasteiger partial charge in [0.2, 0.25) is 5.91 Å². The Labute approximate surface area is 244 Å². The topological polar surface area (TPSA) is 98.2 Å². The van der Waals surface area contributed by atoms with E-state index in [9.17, 15) is 9.59 Å². The molecule has 5 nitrogen and oxygen atoms in total. The minimum Gasteiger partial charge on any atom is -0.355 e. The molecule has 0 aliphatic heterocycles. The number of ketones is 1. The fraction of sp³-hybridized carbons (Fsp3) is 0.935. The Balaban J connectivity index is 3.54. The van der Waals surface area contributed by atoms with Crippen LogP contribution in [0.2, 0.25) is 0 Å². The molecule has 0 aliphatic carbocycles. The second kappa shape index (κ2) is 29.7. The van der Waals surface area contributed by atoms with Gasteiger partial charge in [0.1, 0.15) is 5.78 Å². The fourth-order valence-corrected chi connectivity index (χ4v) is 6.80. The van der Waals surface area contributed by atoms with Crippen LogP contribution in [0.5, 0.6) is 0 Å². The fourth-order valence-electron chi connectivity index (χ4n) is 4.52. The number of hydrogen-bond acceptors (Lipinski definition) is 6. The molecule has 0 fully saturated rings. The highest BCUT2D eigenvalue weighted by molar-refractivity contribution is 8.76. The number of Topliss-reactive ketones (excluding diaryl/α,β-unsaturated/α-hetero) is 1. The summed E-state index contributed by atoms with van der Waals surface area (Å²) < 4.78 is 0. The van der Waals surface area contributed by atoms with E-state index in [1.807, 2.05) is 0 Å². The lowest BCUT2D eigenvalue weighted by atomic mass is 10.0. The van der Waals surface area contributed by atoms with Crippen molar-refractivity contribution in [2.45, 2.75) is 167 Å². The lowest BCUT2D eigenvalue weighted by molar-refractivity contribution is -0.122. The Morgan fingerprint density at radius 1 is 0.553 bits per heavy atom. The molecule has 226 valence electrons. The highest BCUT2D eigenvalue weighted by Gasteiger charge is 2.16. The van der Waals surface area contributed by atoms with Crippen molar-refractivity contribution in [2.24, 2.45) is 11.5 Å². The van der Waals surface area contributed by atoms with E-state index >= 15 is 0 Å². The summed E-state index contributed by atoms with van der Waals surface area (Å²) in [5.41, 5.74) is 12.1. The zero-order valence-corrected chi connectivity index (χ0v) is 26.8. The third-order valence-corrected chi connectivity index (χ3v) is 9.66. The van der Waals surface area contributed by atoms with Gasteiger partial charge in [0, 0.05) is 24.5 Å². The van der Waals surface area contributed by atoms with E-state index in [0.29, 0.717) is 24.5 Å². The van der Waals surface area contributed by atoms with Gasteiger partial charge in [-0.15, -0.1) is 0 Å². The van der Waals surface area contributed by atoms with E-state index in [4.69, 9.17) is 11.5 Å². The first-order chi connectivity index (χ1) is 18.5. The van der Waals surface area contributed by atoms with Gasteiger partial charge in [0.25, 0.3) is 0 Å². The van der Waals surface area contributed by atoms with Crippen molar-refractivity contribution in [3.63, 3.8) is 0 Å². The summed E-state index contributed by atoms with van der Waals surface area (Å²) >= 11 is 0. The molecule has 0 saturated carbocycles. The van der Waals surface area contributed by atoms with Gasteiger partial charge in [-0.2, -0.15) is 0 Å². The van der Waals surface area contributed by atoms with Crippen LogP contribution in [0.1, 0.15) is 155 Å². The lowest BCUT2D eigenvalue weighted by Crippen LogP contribution is -2.42. The molecule has 5 N–H and O–H groups in total. The van der Waals surface area contributed by atoms with E-state index in [2.05, 4.69) is 19.2 Å². The first-order valence-corrected chi connectivity index (χ1v) is 18.6. The maximum Gasteiger partial charge on any atom is 0.237 e. The van der Waals surface area contributed by atoms with Crippen LogP contribution in [-0.4, -0.2) is 41.8 Å². The third-order valence-electron chi connectivity index (χ3n) is 7.19. The number of hydrogen-bond donors (Lipinski definition) is 3. The second-order valence-electron chi connectivity index (χ2n) is 11.0. The van der Waals surface area contributed by atoms with Crippen molar-refractivity contribution in [1.82, 2.24) is 5.32 Å². The summed E-state index contributed by atoms with van der Waals surface area (Å²) in [5.74, 6) is 1.20. The molecule has 0 aliphatic rings. The molecule has 0 radical (unpaired) electrons. The lowest BCUT2D eigenvalue weighted by Gasteiger charge is -2.13. The number of amides is 1. The summed E-state index contributed by atoms with van der Waals surface area (Å²) in [6.45, 7) is 5.22. The quantitative estimate of drug-likeness (QED) is 0.0590. The molecule has 0 rings (SSSR count). The number of rotatable bonds is 30. The van der Waals surface area contributed by atoms with Gasteiger partial charge in [-0.1, -0.05) is 157 Å². The highest BCUT2D eigenvalue weighted by atomic mass is 33.1. The average Bonchev–Trinajstić information content (AvgIpc) is 2.92. The number of carbonyl (C=O) groups excluding carboxylic acids is 2. The first kappa shape index (κ1) is 37.8. The van der Waals surface area contributed by atoms with Crippen molar-refractivity contribution in [1.29, 1.82) is 0 Å². The zero-order chi connectivity index (χ0) is 28.1. The third kappa shape index (κ3) is 26.0. The van der Waals surface area contributed by atoms with Crippen LogP contribution in [0.15, 0.2) is 0 Å². The molecule has 2 atom stereocenters. The number of carbonyl (C=O) groups is 2. The summed E-state index contributed by atoms with van der Waals surface area (Å²) in [4.78, 5) is 24.5. The van der Waals surface area contributed by atoms with Crippen LogP contribution in [0.25, 0.3) is 0 Å². The molecule has 38 heavy (non-hydrogen) atoms. The number of nitrogens with two attached hydrogens (primary N) is 2. The van der Waals surface area contributed by atoms with Gasteiger partial charge in [-0.05, 0) is 12.8 Å². The number of nitrogens with one attached hydrogen (secondary N) is 1. The summed E-state index contributed by atoms with van der Waals surface area (Å²) in [5, 5.41) is 2.96. The Hall–Kier alpha value is -0.240. The largest absolute Gasteiger partial charge is 0.355 e. The van der Waals surface area contributed by atoms with Crippen molar-refractivity contribution in [3.05, 3.63) is 0 Å². The van der Waals surface area contributed by atoms with Crippen LogP contribution < -0.4 is 16.8 Å². The monoisotopic (exact) mass is 573 g/mol. The van der Waals surface area contributed by atoms with E-state index in [-0.39, 0.29) is 11.7 Å². The van der Waals surface area contributed by atoms with Crippen LogP contribution >= 0.6 is 21.6 Å². The van der Waals surface area contributed by atoms with Gasteiger partial charge in [0.15, 0.2) is 0 Å². The van der Waals surface area contributed by atoms with E-state index in [0.717, 1.165) is 19.3 Å². The Morgan fingerprint density at radius 2 is 0.921 bits per heavy atom. The van der Waals surface area contributed by atoms with Crippen LogP contribution in [0.3, 0.4) is 0 Å². The highest BCUT2D eigenvalue weighted by Crippen LogP contribution is 2.23. The SMILES string of the molecule is CCCCCCCCCCCCCC(=O)[C@@H](N)CSSC[C@H](N)C(=O)NCCCCCCCCCCCC. The summed E-state index contributed by atoms with van der Waals surface area (Å²) in [7, 11) is 3.09. The normalized spacial score (nSPS) is 12.9. The Kier molecular flexibility index (Phi) is 29.5. The average molecular weight is 574 g/mol. The molecule has 0 spiro atoms. The van der Waals surface area contributed by atoms with Gasteiger partial charge < -0.3 is 16.8 Å². The Bertz CT molecular complexity index is 491. The summed E-state index contributed by atoms with van der Waals surface area (Å²) in [6.07, 6.45) is 27.5. The summed E-state index contributed by atoms with van der Waals surface area (Å²) in [6, 6.07) is -0.934. The molecule has 0 aromatic carbocycles. The van der Waals surface area contributed by atoms with Crippen LogP contribution in [0.4, 0.5) is 0 Å². The first-order valence-electron chi connectivity index (χ1n) is 16.1. The van der Waals surface area contributed by atoms with Crippen LogP contribution in [-0.2, 0) is 9.59 Å². The smallest absolute Gasteiger partial charge is 0.237 e. The molecule has 0 heterocycles. The van der Waals surface area contributed by atoms with Gasteiger partial charge in [-0.25, -0.2) is 0 Å². The zero-order valence-electron chi connectivity index (χ0n) is 25.1. The molecule has 1 amide bonds. The van der Waals surface area contributed by atoms with Crippen molar-refractivity contribution >= 4 is 33.3 Å². The molecule has 0 saturated heterocycles. The van der Waals surface area contributed by atoms with Gasteiger partial charge in [0.05, 0.1) is 12.1 Å². The maximum atomic E-state index is 12.3. The minimum absolute atomic E-state index is 0.0779. The van der Waals surface area contributed by atoms with E-state index in [1.54, 1.807) is 10.8 Å². The second-order valence-corrected chi connectivity index (χ2v) is 13.6. The molecule has 7 heteroatoms. The molecule has 0 unspecified atom stereocenters. The van der Waals surface area contributed by atoms with Gasteiger partial charge >= 0.3 is 0 Å². The minimum atomic E-state index is -0.515. The van der Waals surface area contributed by atoms with E-state index < -0.39 is 12.1 Å². The molecular formula is C31H63N3O2S2. The standard InChI is InChI=1S/C31H63N3O2S2/c1-3-5-7-9-11-13-15-16-18-20-22-24-30(35)28(32)26-37-38-27-29(33)31(36)34-25-23-21-19-17-14-12-10-8-6-4-2/h28-29H,3-27,32-33H2,1-2H3,(H,34,36)/t28-,29-/m0/s1. The molecule has 0 bridgehead atoms. The maximum absolute atomic E-state index is 12.3. The molecular weight excluding hydrogens is 510 g/mol. The van der Waals surface area contributed by atoms with Crippen molar-refractivity contribution < 1.29 is 9.59 Å². The van der Waals surface area contributed by atoms with Crippen molar-refractivity contribution in [2.75, 3.05) is 18.1 Å². The van der Waals surface area contributed by atoms with Gasteiger partial charge in [-0.3, -0.25) is 9.59 Å². The predicted molar refractivity (Wildman–Crippen MR) is 172 cm³/mol. The van der Waals surface area contributed by atoms with Crippen LogP contribution in [0, 0.1) is 0 Å². The predicted octanol–water partition coefficient (Wildman–Crippen LogP) is 8.33. The molecule has 0 aromatic rings. The van der Waals surface area contributed by atoms with Crippen molar-refractivity contribution in [3.8, 4) is 0 Å². The van der Waals surface area contributed by atoms with E-state index in [1.165, 1.54) is 126 Å². The number of unbranched alkanes of at least 4 members (excludes halogenated alkanes) is 19. The Morgan fingerprint density at radius 3 is 1.37 bits per heavy atom.